The Bertz CT molecular complexity index is 919. The highest BCUT2D eigenvalue weighted by Crippen LogP contribution is 2.18. The molecule has 0 aliphatic heterocycles. The molecular weight excluding hydrogens is 328 g/mol. The molecule has 0 aliphatic carbocycles. The molecule has 0 bridgehead atoms. The molecule has 5 heteroatoms. The molecule has 1 heterocycles. The van der Waals surface area contributed by atoms with E-state index in [-0.39, 0.29) is 5.91 Å². The second-order valence-corrected chi connectivity index (χ2v) is 6.02. The minimum absolute atomic E-state index is 0.205. The number of nitrogens with zero attached hydrogens (tertiary/aromatic N) is 1. The van der Waals surface area contributed by atoms with Crippen LogP contribution in [0.15, 0.2) is 60.7 Å². The van der Waals surface area contributed by atoms with Gasteiger partial charge >= 0.3 is 5.97 Å². The molecule has 0 unspecified atom stereocenters. The highest BCUT2D eigenvalue weighted by molar-refractivity contribution is 6.04. The third-order valence-electron chi connectivity index (χ3n) is 4.22. The number of carbonyl (C=O) groups excluding carboxylic acids is 2. The van der Waals surface area contributed by atoms with E-state index in [4.69, 9.17) is 0 Å². The lowest BCUT2D eigenvalue weighted by molar-refractivity contribution is 0.0600. The Morgan fingerprint density at radius 2 is 1.35 bits per heavy atom. The van der Waals surface area contributed by atoms with Crippen molar-refractivity contribution in [3.8, 4) is 5.69 Å². The molecule has 0 fully saturated rings. The number of benzene rings is 2. The number of nitrogens with one attached hydrogen (secondary N) is 1. The number of aromatic nitrogens is 1. The number of carbonyl (C=O) groups is 2. The van der Waals surface area contributed by atoms with E-state index in [1.165, 1.54) is 7.11 Å². The van der Waals surface area contributed by atoms with Gasteiger partial charge in [-0.2, -0.15) is 0 Å². The van der Waals surface area contributed by atoms with Crippen LogP contribution in [0.3, 0.4) is 0 Å². The van der Waals surface area contributed by atoms with Crippen LogP contribution in [0, 0.1) is 13.8 Å². The number of esters is 1. The number of hydrogen-bond acceptors (Lipinski definition) is 3. The summed E-state index contributed by atoms with van der Waals surface area (Å²) in [7, 11) is 1.33. The van der Waals surface area contributed by atoms with Crippen molar-refractivity contribution in [2.24, 2.45) is 0 Å². The van der Waals surface area contributed by atoms with Gasteiger partial charge in [-0.25, -0.2) is 4.79 Å². The topological polar surface area (TPSA) is 60.3 Å². The van der Waals surface area contributed by atoms with Gasteiger partial charge < -0.3 is 14.6 Å². The first kappa shape index (κ1) is 17.5. The van der Waals surface area contributed by atoms with Crippen LogP contribution >= 0.6 is 0 Å². The normalized spacial score (nSPS) is 10.4. The fourth-order valence-corrected chi connectivity index (χ4v) is 2.85. The lowest BCUT2D eigenvalue weighted by atomic mass is 10.1. The van der Waals surface area contributed by atoms with Crippen LogP contribution < -0.4 is 5.32 Å². The molecule has 0 radical (unpaired) electrons. The summed E-state index contributed by atoms with van der Waals surface area (Å²) in [5, 5.41) is 2.82. The average Bonchev–Trinajstić information content (AvgIpc) is 3.00. The van der Waals surface area contributed by atoms with E-state index in [9.17, 15) is 9.59 Å². The molecule has 132 valence electrons. The second-order valence-electron chi connectivity index (χ2n) is 6.02. The fraction of sp³-hybridized carbons (Fsp3) is 0.143. The van der Waals surface area contributed by atoms with E-state index >= 15 is 0 Å². The van der Waals surface area contributed by atoms with E-state index in [0.717, 1.165) is 17.1 Å². The monoisotopic (exact) mass is 348 g/mol. The van der Waals surface area contributed by atoms with Gasteiger partial charge in [0.05, 0.1) is 12.7 Å². The Kier molecular flexibility index (Phi) is 4.89. The minimum Gasteiger partial charge on any atom is -0.465 e. The van der Waals surface area contributed by atoms with E-state index in [1.807, 2.05) is 26.0 Å². The standard InChI is InChI=1S/C21H20N2O3/c1-14-4-5-15(2)23(14)19-12-8-16(9-13-19)20(24)22-18-10-6-17(7-11-18)21(25)26-3/h4-13H,1-3H3,(H,22,24). The molecular formula is C21H20N2O3. The number of aryl methyl sites for hydroxylation is 2. The predicted octanol–water partition coefficient (Wildman–Crippen LogP) is 4.13. The van der Waals surface area contributed by atoms with Crippen molar-refractivity contribution in [2.45, 2.75) is 13.8 Å². The van der Waals surface area contributed by atoms with Crippen molar-refractivity contribution in [2.75, 3.05) is 12.4 Å². The second kappa shape index (κ2) is 7.27. The summed E-state index contributed by atoms with van der Waals surface area (Å²) in [6, 6.07) is 18.1. The number of rotatable bonds is 4. The Hall–Kier alpha value is -3.34. The van der Waals surface area contributed by atoms with Gasteiger partial charge in [-0.15, -0.1) is 0 Å². The van der Waals surface area contributed by atoms with Crippen molar-refractivity contribution in [3.63, 3.8) is 0 Å². The summed E-state index contributed by atoms with van der Waals surface area (Å²) in [4.78, 5) is 23.8. The summed E-state index contributed by atoms with van der Waals surface area (Å²) in [5.74, 6) is -0.614. The van der Waals surface area contributed by atoms with E-state index in [1.54, 1.807) is 36.4 Å². The fourth-order valence-electron chi connectivity index (χ4n) is 2.85. The lowest BCUT2D eigenvalue weighted by Gasteiger charge is -2.11. The summed E-state index contributed by atoms with van der Waals surface area (Å²) in [6.07, 6.45) is 0. The van der Waals surface area contributed by atoms with Gasteiger partial charge in [0.15, 0.2) is 0 Å². The van der Waals surface area contributed by atoms with Crippen LogP contribution in [0.1, 0.15) is 32.1 Å². The number of methoxy groups -OCH3 is 1. The highest BCUT2D eigenvalue weighted by atomic mass is 16.5. The van der Waals surface area contributed by atoms with Gasteiger partial charge in [-0.3, -0.25) is 4.79 Å². The van der Waals surface area contributed by atoms with Crippen molar-refractivity contribution >= 4 is 17.6 Å². The van der Waals surface area contributed by atoms with Gasteiger partial charge in [0, 0.05) is 28.3 Å². The zero-order valence-electron chi connectivity index (χ0n) is 14.9. The van der Waals surface area contributed by atoms with Crippen molar-refractivity contribution < 1.29 is 14.3 Å². The smallest absolute Gasteiger partial charge is 0.337 e. The van der Waals surface area contributed by atoms with Crippen molar-refractivity contribution in [1.29, 1.82) is 0 Å². The maximum absolute atomic E-state index is 12.4. The Labute approximate surface area is 152 Å². The van der Waals surface area contributed by atoms with Crippen LogP contribution in [-0.2, 0) is 4.74 Å². The zero-order valence-corrected chi connectivity index (χ0v) is 14.9. The lowest BCUT2D eigenvalue weighted by Crippen LogP contribution is -2.12. The maximum Gasteiger partial charge on any atom is 0.337 e. The number of amides is 1. The van der Waals surface area contributed by atoms with Crippen LogP contribution in [0.2, 0.25) is 0 Å². The Morgan fingerprint density at radius 3 is 1.88 bits per heavy atom. The Balaban J connectivity index is 1.73. The maximum atomic E-state index is 12.4. The van der Waals surface area contributed by atoms with Crippen LogP contribution in [0.4, 0.5) is 5.69 Å². The first-order valence-corrected chi connectivity index (χ1v) is 8.24. The SMILES string of the molecule is COC(=O)c1ccc(NC(=O)c2ccc(-n3c(C)ccc3C)cc2)cc1. The third kappa shape index (κ3) is 3.52. The van der Waals surface area contributed by atoms with Crippen molar-refractivity contribution in [3.05, 3.63) is 83.2 Å². The molecule has 0 spiro atoms. The quantitative estimate of drug-likeness (QED) is 0.721. The molecule has 5 nitrogen and oxygen atoms in total. The summed E-state index contributed by atoms with van der Waals surface area (Å²) in [6.45, 7) is 4.09. The average molecular weight is 348 g/mol. The molecule has 3 rings (SSSR count). The summed E-state index contributed by atoms with van der Waals surface area (Å²) in [5.41, 5.74) is 4.92. The molecule has 0 atom stereocenters. The first-order valence-electron chi connectivity index (χ1n) is 8.24. The molecule has 1 aromatic heterocycles. The van der Waals surface area contributed by atoms with Gasteiger partial charge in [-0.05, 0) is 74.5 Å². The van der Waals surface area contributed by atoms with Crippen LogP contribution in [0.25, 0.3) is 5.69 Å². The minimum atomic E-state index is -0.408. The molecule has 1 N–H and O–H groups in total. The third-order valence-corrected chi connectivity index (χ3v) is 4.22. The zero-order chi connectivity index (χ0) is 18.7. The molecule has 0 saturated heterocycles. The predicted molar refractivity (Wildman–Crippen MR) is 101 cm³/mol. The van der Waals surface area contributed by atoms with E-state index in [2.05, 4.69) is 26.8 Å². The summed E-state index contributed by atoms with van der Waals surface area (Å²) >= 11 is 0. The number of hydrogen-bond donors (Lipinski definition) is 1. The van der Waals surface area contributed by atoms with Gasteiger partial charge in [0.2, 0.25) is 0 Å². The van der Waals surface area contributed by atoms with Crippen LogP contribution in [0.5, 0.6) is 0 Å². The van der Waals surface area contributed by atoms with Gasteiger partial charge in [-0.1, -0.05) is 0 Å². The van der Waals surface area contributed by atoms with Crippen LogP contribution in [-0.4, -0.2) is 23.6 Å². The molecule has 2 aromatic carbocycles. The molecule has 26 heavy (non-hydrogen) atoms. The van der Waals surface area contributed by atoms with Gasteiger partial charge in [0.25, 0.3) is 5.91 Å². The number of anilines is 1. The molecule has 3 aromatic rings. The number of ether oxygens (including phenoxy) is 1. The van der Waals surface area contributed by atoms with Crippen molar-refractivity contribution in [1.82, 2.24) is 4.57 Å². The molecule has 1 amide bonds. The molecule has 0 saturated carbocycles. The summed E-state index contributed by atoms with van der Waals surface area (Å²) < 4.78 is 6.79. The largest absolute Gasteiger partial charge is 0.465 e. The van der Waals surface area contributed by atoms with E-state index in [0.29, 0.717) is 16.8 Å². The Morgan fingerprint density at radius 1 is 0.808 bits per heavy atom. The van der Waals surface area contributed by atoms with Gasteiger partial charge in [0.1, 0.15) is 0 Å². The van der Waals surface area contributed by atoms with E-state index < -0.39 is 5.97 Å². The molecule has 0 aliphatic rings. The highest BCUT2D eigenvalue weighted by Gasteiger charge is 2.09. The first-order chi connectivity index (χ1) is 12.5.